The van der Waals surface area contributed by atoms with Gasteiger partial charge in [0.25, 0.3) is 5.56 Å². The molecule has 1 N–H and O–H groups in total. The van der Waals surface area contributed by atoms with Gasteiger partial charge in [-0.25, -0.2) is 4.68 Å². The molecule has 4 nitrogen and oxygen atoms in total. The Hall–Kier alpha value is -1.24. The number of alkyl halides is 3. The summed E-state index contributed by atoms with van der Waals surface area (Å²) in [4.78, 5) is 11.7. The van der Waals surface area contributed by atoms with Crippen molar-refractivity contribution < 1.29 is 13.2 Å². The molecule has 0 spiro atoms. The zero-order valence-electron chi connectivity index (χ0n) is 11.5. The first-order valence-electron chi connectivity index (χ1n) is 6.19. The molecule has 1 heterocycles. The number of hydrogen-bond donors (Lipinski definition) is 1. The quantitative estimate of drug-likeness (QED) is 0.907. The lowest BCUT2D eigenvalue weighted by Crippen LogP contribution is -2.31. The molecule has 1 aromatic rings. The zero-order valence-corrected chi connectivity index (χ0v) is 12.2. The number of halogens is 4. The molecule has 114 valence electrons. The predicted octanol–water partition coefficient (Wildman–Crippen LogP) is 3.31. The van der Waals surface area contributed by atoms with Gasteiger partial charge in [0.15, 0.2) is 0 Å². The fourth-order valence-electron chi connectivity index (χ4n) is 1.88. The molecule has 1 aromatic heterocycles. The van der Waals surface area contributed by atoms with Gasteiger partial charge < -0.3 is 5.32 Å². The van der Waals surface area contributed by atoms with Crippen molar-refractivity contribution in [2.24, 2.45) is 5.92 Å². The monoisotopic (exact) mass is 311 g/mol. The van der Waals surface area contributed by atoms with Gasteiger partial charge in [0.05, 0.1) is 11.9 Å². The Morgan fingerprint density at radius 2 is 2.00 bits per heavy atom. The normalized spacial score (nSPS) is 13.6. The Morgan fingerprint density at radius 1 is 1.40 bits per heavy atom. The van der Waals surface area contributed by atoms with E-state index in [2.05, 4.69) is 10.4 Å². The van der Waals surface area contributed by atoms with Crippen molar-refractivity contribution in [3.8, 4) is 0 Å². The predicted molar refractivity (Wildman–Crippen MR) is 72.1 cm³/mol. The van der Waals surface area contributed by atoms with Gasteiger partial charge in [0.1, 0.15) is 11.6 Å². The van der Waals surface area contributed by atoms with Gasteiger partial charge in [0, 0.05) is 6.04 Å². The van der Waals surface area contributed by atoms with Crippen LogP contribution in [0.4, 0.5) is 18.9 Å². The van der Waals surface area contributed by atoms with Crippen molar-refractivity contribution in [3.05, 3.63) is 21.6 Å². The third kappa shape index (κ3) is 5.03. The molecule has 1 rings (SSSR count). The maximum atomic E-state index is 12.2. The Balaban J connectivity index is 2.92. The summed E-state index contributed by atoms with van der Waals surface area (Å²) in [6.07, 6.45) is -2.53. The van der Waals surface area contributed by atoms with E-state index in [0.717, 1.165) is 12.6 Å². The van der Waals surface area contributed by atoms with Crippen LogP contribution in [0.1, 0.15) is 27.2 Å². The van der Waals surface area contributed by atoms with Crippen LogP contribution in [-0.4, -0.2) is 22.0 Å². The van der Waals surface area contributed by atoms with E-state index in [1.165, 1.54) is 0 Å². The van der Waals surface area contributed by atoms with Crippen molar-refractivity contribution in [2.75, 3.05) is 5.32 Å². The van der Waals surface area contributed by atoms with Crippen LogP contribution in [0.15, 0.2) is 11.0 Å². The van der Waals surface area contributed by atoms with Gasteiger partial charge in [0.2, 0.25) is 0 Å². The molecule has 20 heavy (non-hydrogen) atoms. The van der Waals surface area contributed by atoms with E-state index >= 15 is 0 Å². The largest absolute Gasteiger partial charge is 0.408 e. The summed E-state index contributed by atoms with van der Waals surface area (Å²) in [6.45, 7) is 4.53. The summed E-state index contributed by atoms with van der Waals surface area (Å²) >= 11 is 5.80. The average Bonchev–Trinajstić information content (AvgIpc) is 2.26. The molecular formula is C12H17ClF3N3O. The molecule has 0 aliphatic carbocycles. The summed E-state index contributed by atoms with van der Waals surface area (Å²) < 4.78 is 37.1. The van der Waals surface area contributed by atoms with Gasteiger partial charge in [-0.15, -0.1) is 0 Å². The van der Waals surface area contributed by atoms with Gasteiger partial charge in [-0.3, -0.25) is 4.79 Å². The number of anilines is 1. The molecule has 0 amide bonds. The number of rotatable bonds is 5. The molecule has 0 saturated heterocycles. The lowest BCUT2D eigenvalue weighted by molar-refractivity contribution is -0.143. The number of hydrogen-bond acceptors (Lipinski definition) is 3. The summed E-state index contributed by atoms with van der Waals surface area (Å²) in [5.74, 6) is 0.440. The topological polar surface area (TPSA) is 46.9 Å². The van der Waals surface area contributed by atoms with Crippen molar-refractivity contribution in [1.29, 1.82) is 0 Å². The number of nitrogens with zero attached hydrogens (tertiary/aromatic N) is 2. The molecule has 0 aliphatic rings. The Morgan fingerprint density at radius 3 is 2.50 bits per heavy atom. The second kappa shape index (κ2) is 6.47. The highest BCUT2D eigenvalue weighted by Gasteiger charge is 2.29. The lowest BCUT2D eigenvalue weighted by Gasteiger charge is -2.18. The second-order valence-corrected chi connectivity index (χ2v) is 5.50. The smallest absolute Gasteiger partial charge is 0.380 e. The van der Waals surface area contributed by atoms with E-state index < -0.39 is 18.3 Å². The minimum absolute atomic E-state index is 0.0344. The SMILES string of the molecule is CC(C)CC(C)Nc1cnn(CC(F)(F)F)c(=O)c1Cl. The van der Waals surface area contributed by atoms with Crippen molar-refractivity contribution >= 4 is 17.3 Å². The molecule has 0 saturated carbocycles. The van der Waals surface area contributed by atoms with Crippen LogP contribution in [0.3, 0.4) is 0 Å². The van der Waals surface area contributed by atoms with Crippen molar-refractivity contribution in [2.45, 2.75) is 46.0 Å². The molecule has 0 aliphatic heterocycles. The first-order valence-corrected chi connectivity index (χ1v) is 6.57. The molecule has 0 aromatic carbocycles. The highest BCUT2D eigenvalue weighted by Crippen LogP contribution is 2.20. The van der Waals surface area contributed by atoms with E-state index in [-0.39, 0.29) is 16.8 Å². The van der Waals surface area contributed by atoms with Crippen LogP contribution < -0.4 is 10.9 Å². The van der Waals surface area contributed by atoms with E-state index in [0.29, 0.717) is 10.6 Å². The summed E-state index contributed by atoms with van der Waals surface area (Å²) in [5.41, 5.74) is -0.700. The van der Waals surface area contributed by atoms with Gasteiger partial charge >= 0.3 is 6.18 Å². The molecule has 1 atom stereocenters. The molecule has 0 radical (unpaired) electrons. The zero-order chi connectivity index (χ0) is 15.5. The van der Waals surface area contributed by atoms with Crippen LogP contribution in [0.5, 0.6) is 0 Å². The maximum absolute atomic E-state index is 12.2. The first kappa shape index (κ1) is 16.8. The van der Waals surface area contributed by atoms with E-state index in [1.54, 1.807) is 0 Å². The number of aromatic nitrogens is 2. The van der Waals surface area contributed by atoms with Gasteiger partial charge in [-0.2, -0.15) is 18.3 Å². The van der Waals surface area contributed by atoms with Crippen molar-refractivity contribution in [3.63, 3.8) is 0 Å². The molecule has 0 bridgehead atoms. The Bertz CT molecular complexity index is 514. The molecular weight excluding hydrogens is 295 g/mol. The van der Waals surface area contributed by atoms with Crippen LogP contribution in [0.2, 0.25) is 5.02 Å². The fourth-order valence-corrected chi connectivity index (χ4v) is 2.08. The minimum Gasteiger partial charge on any atom is -0.380 e. The van der Waals surface area contributed by atoms with E-state index in [4.69, 9.17) is 11.6 Å². The minimum atomic E-state index is -4.51. The van der Waals surface area contributed by atoms with E-state index in [9.17, 15) is 18.0 Å². The lowest BCUT2D eigenvalue weighted by atomic mass is 10.1. The first-order chi connectivity index (χ1) is 9.10. The highest BCUT2D eigenvalue weighted by atomic mass is 35.5. The molecule has 8 heteroatoms. The second-order valence-electron chi connectivity index (χ2n) is 5.13. The number of nitrogens with one attached hydrogen (secondary N) is 1. The summed E-state index contributed by atoms with van der Waals surface area (Å²) in [6, 6.07) is 0.0344. The molecule has 1 unspecified atom stereocenters. The standard InChI is InChI=1S/C12H17ClF3N3O/c1-7(2)4-8(3)18-9-5-17-19(6-12(14,15)16)11(20)10(9)13/h5,7-8,18H,4,6H2,1-3H3. The Kier molecular flexibility index (Phi) is 5.44. The Labute approximate surface area is 119 Å². The summed E-state index contributed by atoms with van der Waals surface area (Å²) in [5, 5.41) is 6.20. The van der Waals surface area contributed by atoms with Gasteiger partial charge in [-0.05, 0) is 19.3 Å². The third-order valence-corrected chi connectivity index (χ3v) is 2.91. The summed E-state index contributed by atoms with van der Waals surface area (Å²) in [7, 11) is 0. The highest BCUT2D eigenvalue weighted by molar-refractivity contribution is 6.32. The van der Waals surface area contributed by atoms with Crippen LogP contribution in [0.25, 0.3) is 0 Å². The fraction of sp³-hybridized carbons (Fsp3) is 0.667. The third-order valence-electron chi connectivity index (χ3n) is 2.54. The maximum Gasteiger partial charge on any atom is 0.408 e. The molecule has 0 fully saturated rings. The van der Waals surface area contributed by atoms with Crippen LogP contribution >= 0.6 is 11.6 Å². The van der Waals surface area contributed by atoms with E-state index in [1.807, 2.05) is 20.8 Å². The average molecular weight is 312 g/mol. The van der Waals surface area contributed by atoms with Crippen LogP contribution in [-0.2, 0) is 6.54 Å². The van der Waals surface area contributed by atoms with Crippen LogP contribution in [0, 0.1) is 5.92 Å². The van der Waals surface area contributed by atoms with Crippen molar-refractivity contribution in [1.82, 2.24) is 9.78 Å². The van der Waals surface area contributed by atoms with Gasteiger partial charge in [-0.1, -0.05) is 25.4 Å².